The molecule has 6 nitrogen and oxygen atoms in total. The van der Waals surface area contributed by atoms with Crippen molar-refractivity contribution in [2.75, 3.05) is 26.2 Å². The molecule has 1 aliphatic rings. The highest BCUT2D eigenvalue weighted by Crippen LogP contribution is 2.06. The molecule has 0 atom stereocenters. The number of allylic oxidation sites excluding steroid dienone is 2. The smallest absolute Gasteiger partial charge is 0.269 e. The van der Waals surface area contributed by atoms with Crippen LogP contribution in [0.4, 0.5) is 0 Å². The van der Waals surface area contributed by atoms with Gasteiger partial charge in [0.1, 0.15) is 0 Å². The Kier molecular flexibility index (Phi) is 4.76. The maximum Gasteiger partial charge on any atom is 0.269 e. The Bertz CT molecular complexity index is 393. The van der Waals surface area contributed by atoms with Crippen molar-refractivity contribution >= 4 is 11.8 Å². The molecule has 0 saturated carbocycles. The van der Waals surface area contributed by atoms with Gasteiger partial charge in [-0.05, 0) is 24.8 Å². The summed E-state index contributed by atoms with van der Waals surface area (Å²) in [5, 5.41) is 0. The third-order valence-electron chi connectivity index (χ3n) is 2.91. The van der Waals surface area contributed by atoms with E-state index in [1.807, 2.05) is 0 Å². The fraction of sp³-hybridized carbons (Fsp3) is 0.500. The molecule has 0 bridgehead atoms. The summed E-state index contributed by atoms with van der Waals surface area (Å²) >= 11 is 0. The largest absolute Gasteiger partial charge is 0.404 e. The van der Waals surface area contributed by atoms with Crippen molar-refractivity contribution in [3.63, 3.8) is 0 Å². The van der Waals surface area contributed by atoms with Crippen LogP contribution in [0.1, 0.15) is 13.8 Å². The lowest BCUT2D eigenvalue weighted by Crippen LogP contribution is -2.51. The van der Waals surface area contributed by atoms with Crippen LogP contribution in [0.5, 0.6) is 0 Å². The van der Waals surface area contributed by atoms with E-state index >= 15 is 0 Å². The lowest BCUT2D eigenvalue weighted by atomic mass is 10.2. The zero-order valence-corrected chi connectivity index (χ0v) is 10.8. The number of carbonyl (C=O) groups excluding carboxylic acids is 2. The van der Waals surface area contributed by atoms with Crippen LogP contribution in [0.25, 0.3) is 0 Å². The van der Waals surface area contributed by atoms with Gasteiger partial charge in [0.05, 0.1) is 5.70 Å². The third kappa shape index (κ3) is 3.51. The summed E-state index contributed by atoms with van der Waals surface area (Å²) in [5.74, 6) is -0.174. The highest BCUT2D eigenvalue weighted by Gasteiger charge is 2.23. The molecule has 1 rings (SSSR count). The molecular weight excluding hydrogens is 232 g/mol. The average molecular weight is 252 g/mol. The van der Waals surface area contributed by atoms with E-state index in [-0.39, 0.29) is 17.5 Å². The molecule has 2 amide bonds. The molecule has 6 heteroatoms. The van der Waals surface area contributed by atoms with Gasteiger partial charge in [0, 0.05) is 33.1 Å². The first-order chi connectivity index (χ1) is 8.45. The Hall–Kier alpha value is -1.98. The molecule has 18 heavy (non-hydrogen) atoms. The number of hydrogen-bond donors (Lipinski definition) is 2. The van der Waals surface area contributed by atoms with Crippen LogP contribution >= 0.6 is 0 Å². The molecule has 1 aliphatic heterocycles. The predicted octanol–water partition coefficient (Wildman–Crippen LogP) is -0.618. The third-order valence-corrected chi connectivity index (χ3v) is 2.91. The van der Waals surface area contributed by atoms with E-state index in [0.29, 0.717) is 26.2 Å². The molecule has 100 valence electrons. The Morgan fingerprint density at radius 1 is 1.06 bits per heavy atom. The van der Waals surface area contributed by atoms with Gasteiger partial charge in [-0.3, -0.25) is 9.59 Å². The number of carbonyl (C=O) groups is 2. The summed E-state index contributed by atoms with van der Waals surface area (Å²) in [7, 11) is 0. The van der Waals surface area contributed by atoms with Gasteiger partial charge in [-0.2, -0.15) is 0 Å². The molecule has 0 aromatic heterocycles. The second kappa shape index (κ2) is 6.09. The first kappa shape index (κ1) is 14.1. The number of amides is 2. The molecule has 1 saturated heterocycles. The van der Waals surface area contributed by atoms with Crippen molar-refractivity contribution in [2.45, 2.75) is 13.8 Å². The van der Waals surface area contributed by atoms with E-state index in [4.69, 9.17) is 11.5 Å². The molecule has 0 unspecified atom stereocenters. The SMILES string of the molecule is CC(=O)N1CCN(C(=O)/C(N)=C/C(C)=C\N)CC1. The van der Waals surface area contributed by atoms with Crippen molar-refractivity contribution in [3.05, 3.63) is 23.5 Å². The van der Waals surface area contributed by atoms with Crippen LogP contribution in [0.2, 0.25) is 0 Å². The minimum absolute atomic E-state index is 0.0347. The summed E-state index contributed by atoms with van der Waals surface area (Å²) in [6.45, 7) is 5.44. The second-order valence-electron chi connectivity index (χ2n) is 4.31. The monoisotopic (exact) mass is 252 g/mol. The van der Waals surface area contributed by atoms with Gasteiger partial charge in [0.25, 0.3) is 5.91 Å². The van der Waals surface area contributed by atoms with Crippen molar-refractivity contribution in [2.24, 2.45) is 11.5 Å². The first-order valence-electron chi connectivity index (χ1n) is 5.86. The molecule has 0 aromatic carbocycles. The van der Waals surface area contributed by atoms with Gasteiger partial charge in [0.15, 0.2) is 0 Å². The van der Waals surface area contributed by atoms with Crippen molar-refractivity contribution in [1.82, 2.24) is 9.80 Å². The highest BCUT2D eigenvalue weighted by molar-refractivity contribution is 5.93. The maximum absolute atomic E-state index is 12.0. The van der Waals surface area contributed by atoms with Crippen molar-refractivity contribution in [1.29, 1.82) is 0 Å². The molecule has 0 aliphatic carbocycles. The van der Waals surface area contributed by atoms with Crippen LogP contribution in [0.3, 0.4) is 0 Å². The molecule has 0 aromatic rings. The van der Waals surface area contributed by atoms with E-state index in [2.05, 4.69) is 0 Å². The molecule has 0 radical (unpaired) electrons. The summed E-state index contributed by atoms with van der Waals surface area (Å²) in [6, 6.07) is 0. The molecular formula is C12H20N4O2. The van der Waals surface area contributed by atoms with Crippen LogP contribution in [0, 0.1) is 0 Å². The molecule has 1 fully saturated rings. The lowest BCUT2D eigenvalue weighted by Gasteiger charge is -2.34. The van der Waals surface area contributed by atoms with E-state index < -0.39 is 0 Å². The minimum atomic E-state index is -0.209. The van der Waals surface area contributed by atoms with Crippen LogP contribution < -0.4 is 11.5 Å². The number of nitrogens with two attached hydrogens (primary N) is 2. The van der Waals surface area contributed by atoms with Crippen LogP contribution in [-0.4, -0.2) is 47.8 Å². The van der Waals surface area contributed by atoms with Crippen LogP contribution in [0.15, 0.2) is 23.5 Å². The second-order valence-corrected chi connectivity index (χ2v) is 4.31. The van der Waals surface area contributed by atoms with Gasteiger partial charge < -0.3 is 21.3 Å². The first-order valence-corrected chi connectivity index (χ1v) is 5.86. The highest BCUT2D eigenvalue weighted by atomic mass is 16.2. The van der Waals surface area contributed by atoms with Gasteiger partial charge in [-0.15, -0.1) is 0 Å². The minimum Gasteiger partial charge on any atom is -0.404 e. The topological polar surface area (TPSA) is 92.7 Å². The summed E-state index contributed by atoms with van der Waals surface area (Å²) in [6.07, 6.45) is 2.95. The zero-order chi connectivity index (χ0) is 13.7. The van der Waals surface area contributed by atoms with E-state index in [1.54, 1.807) is 22.8 Å². The summed E-state index contributed by atoms with van der Waals surface area (Å²) in [4.78, 5) is 26.5. The fourth-order valence-electron chi connectivity index (χ4n) is 1.76. The van der Waals surface area contributed by atoms with Crippen LogP contribution in [-0.2, 0) is 9.59 Å². The molecule has 4 N–H and O–H groups in total. The van der Waals surface area contributed by atoms with E-state index in [1.165, 1.54) is 13.1 Å². The Balaban J connectivity index is 2.60. The van der Waals surface area contributed by atoms with E-state index in [0.717, 1.165) is 5.57 Å². The standard InChI is InChI=1S/C12H20N4O2/c1-9(8-13)7-11(14)12(18)16-5-3-15(4-6-16)10(2)17/h7-8H,3-6,13-14H2,1-2H3/b9-8-,11-7-. The molecule has 0 spiro atoms. The normalized spacial score (nSPS) is 17.9. The van der Waals surface area contributed by atoms with Crippen molar-refractivity contribution in [3.8, 4) is 0 Å². The fourth-order valence-corrected chi connectivity index (χ4v) is 1.76. The van der Waals surface area contributed by atoms with E-state index in [9.17, 15) is 9.59 Å². The average Bonchev–Trinajstić information content (AvgIpc) is 2.37. The summed E-state index contributed by atoms with van der Waals surface area (Å²) < 4.78 is 0. The number of hydrogen-bond acceptors (Lipinski definition) is 4. The lowest BCUT2D eigenvalue weighted by molar-refractivity contribution is -0.136. The molecule has 1 heterocycles. The maximum atomic E-state index is 12.0. The predicted molar refractivity (Wildman–Crippen MR) is 69.0 cm³/mol. The van der Waals surface area contributed by atoms with Crippen molar-refractivity contribution < 1.29 is 9.59 Å². The van der Waals surface area contributed by atoms with Gasteiger partial charge >= 0.3 is 0 Å². The quantitative estimate of drug-likeness (QED) is 0.506. The Morgan fingerprint density at radius 2 is 1.56 bits per heavy atom. The Morgan fingerprint density at radius 3 is 2.00 bits per heavy atom. The number of rotatable bonds is 2. The zero-order valence-electron chi connectivity index (χ0n) is 10.8. The Labute approximate surface area is 107 Å². The van der Waals surface area contributed by atoms with Gasteiger partial charge in [-0.25, -0.2) is 0 Å². The van der Waals surface area contributed by atoms with Gasteiger partial charge in [-0.1, -0.05) is 0 Å². The number of piperazine rings is 1. The summed E-state index contributed by atoms with van der Waals surface area (Å²) in [5.41, 5.74) is 11.9. The number of nitrogens with zero attached hydrogens (tertiary/aromatic N) is 2. The van der Waals surface area contributed by atoms with Gasteiger partial charge in [0.2, 0.25) is 5.91 Å².